The molecule has 3 N–H and O–H groups in total. The number of para-hydroxylation sites is 1. The normalized spacial score (nSPS) is 30.4. The zero-order chi connectivity index (χ0) is 22.9. The average Bonchev–Trinajstić information content (AvgIpc) is 3.37. The highest BCUT2D eigenvalue weighted by atomic mass is 35.5. The fourth-order valence-electron chi connectivity index (χ4n) is 3.64. The minimum Gasteiger partial charge on any atom is -0.393 e. The number of aromatic amines is 1. The molecule has 2 aromatic rings. The summed E-state index contributed by atoms with van der Waals surface area (Å²) in [6.45, 7) is -0.338. The maximum atomic E-state index is 13.3. The quantitative estimate of drug-likeness (QED) is 0.488. The van der Waals surface area contributed by atoms with Gasteiger partial charge in [0.25, 0.3) is 5.56 Å². The summed E-state index contributed by atoms with van der Waals surface area (Å²) in [5.41, 5.74) is -1.48. The van der Waals surface area contributed by atoms with Gasteiger partial charge in [0.1, 0.15) is 0 Å². The molecule has 6 atom stereocenters. The Morgan fingerprint density at radius 2 is 2.09 bits per heavy atom. The molecule has 2 aliphatic heterocycles. The van der Waals surface area contributed by atoms with E-state index in [2.05, 4.69) is 4.98 Å². The van der Waals surface area contributed by atoms with Crippen LogP contribution in [0, 0.1) is 0 Å². The molecule has 11 nitrogen and oxygen atoms in total. The Hall–Kier alpha value is -2.11. The van der Waals surface area contributed by atoms with E-state index in [1.54, 1.807) is 12.1 Å². The molecule has 2 saturated heterocycles. The number of rotatable bonds is 7. The van der Waals surface area contributed by atoms with E-state index in [0.717, 1.165) is 16.8 Å². The zero-order valence-electron chi connectivity index (χ0n) is 16.6. The van der Waals surface area contributed by atoms with Crippen molar-refractivity contribution in [2.45, 2.75) is 42.9 Å². The Morgan fingerprint density at radius 3 is 2.75 bits per heavy atom. The summed E-state index contributed by atoms with van der Waals surface area (Å²) in [6, 6.07) is 7.31. The summed E-state index contributed by atoms with van der Waals surface area (Å²) in [7, 11) is -3.03. The van der Waals surface area contributed by atoms with Crippen LogP contribution in [0.15, 0.2) is 46.1 Å². The standard InChI is InChI=1S/C19H20ClN2O9P/c20-11-4-1-2-5-12(11)31-32(27)19(26)13(10-23)29-17(16(19)30-15-6-3-9-28-15)22-8-7-14(24)21-18(22)25/h1-2,4-5,7-8,13,15-17,23,26H,3,6,9-10H2/p+1/t13-,15?,16+,17-,19+/m1/s1. The van der Waals surface area contributed by atoms with Crippen molar-refractivity contribution < 1.29 is 33.5 Å². The molecular weight excluding hydrogens is 467 g/mol. The molecule has 0 saturated carbocycles. The Balaban J connectivity index is 1.74. The molecule has 2 fully saturated rings. The van der Waals surface area contributed by atoms with E-state index in [-0.39, 0.29) is 10.8 Å². The predicted molar refractivity (Wildman–Crippen MR) is 111 cm³/mol. The maximum Gasteiger partial charge on any atom is 0.598 e. The van der Waals surface area contributed by atoms with Crippen molar-refractivity contribution in [3.05, 3.63) is 62.4 Å². The number of benzene rings is 1. The van der Waals surface area contributed by atoms with Crippen LogP contribution >= 0.6 is 19.6 Å². The van der Waals surface area contributed by atoms with E-state index in [4.69, 9.17) is 30.3 Å². The molecule has 0 bridgehead atoms. The predicted octanol–water partition coefficient (Wildman–Crippen LogP) is 1.11. The average molecular weight is 488 g/mol. The van der Waals surface area contributed by atoms with E-state index in [0.29, 0.717) is 19.4 Å². The molecule has 4 rings (SSSR count). The Morgan fingerprint density at radius 1 is 1.31 bits per heavy atom. The van der Waals surface area contributed by atoms with Crippen LogP contribution in [-0.2, 0) is 18.8 Å². The van der Waals surface area contributed by atoms with Crippen LogP contribution in [0.4, 0.5) is 0 Å². The zero-order valence-corrected chi connectivity index (χ0v) is 18.3. The maximum absolute atomic E-state index is 13.3. The SMILES string of the molecule is O=c1ccn([C@@H]2O[C@H](CO)[C@](O)([P+](=O)Oc3ccccc3Cl)[C@H]2OC2CCCO2)c(=O)[nH]1. The lowest BCUT2D eigenvalue weighted by Gasteiger charge is -2.26. The van der Waals surface area contributed by atoms with Gasteiger partial charge in [-0.15, -0.1) is 0 Å². The van der Waals surface area contributed by atoms with Crippen LogP contribution in [0.3, 0.4) is 0 Å². The first-order valence-electron chi connectivity index (χ1n) is 9.81. The number of aliphatic hydroxyl groups is 2. The summed E-state index contributed by atoms with van der Waals surface area (Å²) < 4.78 is 36.8. The molecule has 3 heterocycles. The van der Waals surface area contributed by atoms with Gasteiger partial charge >= 0.3 is 19.1 Å². The van der Waals surface area contributed by atoms with Crippen molar-refractivity contribution in [1.29, 1.82) is 0 Å². The van der Waals surface area contributed by atoms with Gasteiger partial charge < -0.3 is 24.4 Å². The second-order valence-electron chi connectivity index (χ2n) is 7.28. The molecule has 2 unspecified atom stereocenters. The molecule has 0 amide bonds. The molecule has 0 radical (unpaired) electrons. The van der Waals surface area contributed by atoms with E-state index in [1.807, 2.05) is 0 Å². The van der Waals surface area contributed by atoms with Gasteiger partial charge in [-0.05, 0) is 23.1 Å². The fourth-order valence-corrected chi connectivity index (χ4v) is 5.12. The molecule has 1 aromatic heterocycles. The first-order valence-corrected chi connectivity index (χ1v) is 11.4. The van der Waals surface area contributed by atoms with Crippen molar-refractivity contribution >= 4 is 19.6 Å². The van der Waals surface area contributed by atoms with E-state index >= 15 is 0 Å². The van der Waals surface area contributed by atoms with Crippen LogP contribution in [0.25, 0.3) is 0 Å². The second-order valence-corrected chi connectivity index (χ2v) is 9.10. The summed E-state index contributed by atoms with van der Waals surface area (Å²) >= 11 is 6.08. The van der Waals surface area contributed by atoms with Crippen LogP contribution in [0.5, 0.6) is 5.75 Å². The van der Waals surface area contributed by atoms with Crippen LogP contribution in [-0.4, -0.2) is 56.8 Å². The first-order chi connectivity index (χ1) is 15.3. The number of aromatic nitrogens is 2. The second kappa shape index (κ2) is 9.40. The van der Waals surface area contributed by atoms with Gasteiger partial charge in [-0.1, -0.05) is 23.7 Å². The van der Waals surface area contributed by atoms with Crippen molar-refractivity contribution in [3.8, 4) is 5.75 Å². The monoisotopic (exact) mass is 487 g/mol. The lowest BCUT2D eigenvalue weighted by molar-refractivity contribution is -0.188. The summed E-state index contributed by atoms with van der Waals surface area (Å²) in [6.07, 6.45) is -2.69. The van der Waals surface area contributed by atoms with Gasteiger partial charge in [-0.25, -0.2) is 4.79 Å². The minimum absolute atomic E-state index is 0.0425. The summed E-state index contributed by atoms with van der Waals surface area (Å²) in [4.78, 5) is 26.0. The van der Waals surface area contributed by atoms with Gasteiger partial charge in [-0.3, -0.25) is 18.9 Å². The molecule has 172 valence electrons. The molecule has 0 aliphatic carbocycles. The Kier molecular flexibility index (Phi) is 6.78. The lowest BCUT2D eigenvalue weighted by Crippen LogP contribution is -2.50. The van der Waals surface area contributed by atoms with Gasteiger partial charge in [0.05, 0.1) is 11.6 Å². The topological polar surface area (TPSA) is 149 Å². The van der Waals surface area contributed by atoms with Gasteiger partial charge in [-0.2, -0.15) is 0 Å². The van der Waals surface area contributed by atoms with Gasteiger partial charge in [0.2, 0.25) is 5.75 Å². The van der Waals surface area contributed by atoms with Crippen molar-refractivity contribution in [2.75, 3.05) is 13.2 Å². The summed E-state index contributed by atoms with van der Waals surface area (Å²) in [5.74, 6) is 0.0425. The van der Waals surface area contributed by atoms with Crippen molar-refractivity contribution in [1.82, 2.24) is 9.55 Å². The Labute approximate surface area is 187 Å². The van der Waals surface area contributed by atoms with Crippen LogP contribution in [0.2, 0.25) is 5.02 Å². The number of nitrogens with one attached hydrogen (secondary N) is 1. The van der Waals surface area contributed by atoms with E-state index in [1.165, 1.54) is 12.1 Å². The number of hydrogen-bond acceptors (Lipinski definition) is 9. The third kappa shape index (κ3) is 4.25. The molecule has 32 heavy (non-hydrogen) atoms. The highest BCUT2D eigenvalue weighted by Crippen LogP contribution is 2.54. The fraction of sp³-hybridized carbons (Fsp3) is 0.474. The van der Waals surface area contributed by atoms with Crippen molar-refractivity contribution in [3.63, 3.8) is 0 Å². The Bertz CT molecular complexity index is 1100. The molecule has 2 aliphatic rings. The smallest absolute Gasteiger partial charge is 0.393 e. The molecule has 1 aromatic carbocycles. The van der Waals surface area contributed by atoms with Crippen LogP contribution < -0.4 is 15.8 Å². The number of hydrogen-bond donors (Lipinski definition) is 3. The largest absolute Gasteiger partial charge is 0.598 e. The molecule has 0 spiro atoms. The van der Waals surface area contributed by atoms with Gasteiger partial charge in [0.15, 0.2) is 24.7 Å². The number of halogens is 1. The number of aliphatic hydroxyl groups excluding tert-OH is 1. The highest BCUT2D eigenvalue weighted by molar-refractivity contribution is 7.41. The molecular formula is C19H21ClN2O9P+. The van der Waals surface area contributed by atoms with E-state index < -0.39 is 56.0 Å². The third-order valence-corrected chi connectivity index (χ3v) is 7.05. The molecule has 13 heteroatoms. The van der Waals surface area contributed by atoms with Gasteiger partial charge in [0, 0.05) is 25.3 Å². The summed E-state index contributed by atoms with van der Waals surface area (Å²) in [5, 5.41) is 19.2. The highest BCUT2D eigenvalue weighted by Gasteiger charge is 2.72. The third-order valence-electron chi connectivity index (χ3n) is 5.24. The van der Waals surface area contributed by atoms with Crippen molar-refractivity contribution in [2.24, 2.45) is 0 Å². The number of ether oxygens (including phenoxy) is 3. The number of H-pyrrole nitrogens is 1. The number of nitrogens with zero attached hydrogens (tertiary/aromatic N) is 1. The van der Waals surface area contributed by atoms with E-state index in [9.17, 15) is 24.4 Å². The van der Waals surface area contributed by atoms with Crippen LogP contribution in [0.1, 0.15) is 19.1 Å². The minimum atomic E-state index is -3.03. The first kappa shape index (κ1) is 23.1. The lowest BCUT2D eigenvalue weighted by atomic mass is 10.1.